The van der Waals surface area contributed by atoms with Gasteiger partial charge in [0.1, 0.15) is 11.6 Å². The van der Waals surface area contributed by atoms with Crippen LogP contribution in [0.4, 0.5) is 4.39 Å². The first-order chi connectivity index (χ1) is 9.04. The largest absolute Gasteiger partial charge is 0.324 e. The number of benzene rings is 1. The van der Waals surface area contributed by atoms with E-state index < -0.39 is 0 Å². The van der Waals surface area contributed by atoms with E-state index in [1.807, 2.05) is 23.8 Å². The highest BCUT2D eigenvalue weighted by Gasteiger charge is 2.14. The Kier molecular flexibility index (Phi) is 4.00. The third kappa shape index (κ3) is 2.68. The molecular weight excluding hydrogens is 241 g/mol. The van der Waals surface area contributed by atoms with E-state index >= 15 is 0 Å². The maximum atomic E-state index is 13.7. The molecule has 0 aliphatic rings. The van der Waals surface area contributed by atoms with Crippen LogP contribution in [0.3, 0.4) is 0 Å². The summed E-state index contributed by atoms with van der Waals surface area (Å²) in [6, 6.07) is 3.15. The molecule has 0 amide bonds. The molecule has 0 bridgehead atoms. The minimum absolute atomic E-state index is 0.215. The van der Waals surface area contributed by atoms with E-state index in [-0.39, 0.29) is 11.9 Å². The number of hydrogen-bond donors (Lipinski definition) is 1. The van der Waals surface area contributed by atoms with Gasteiger partial charge in [-0.2, -0.15) is 0 Å². The van der Waals surface area contributed by atoms with Crippen molar-refractivity contribution in [3.05, 3.63) is 47.3 Å². The van der Waals surface area contributed by atoms with Crippen molar-refractivity contribution in [2.24, 2.45) is 5.73 Å². The van der Waals surface area contributed by atoms with Gasteiger partial charge in [-0.15, -0.1) is 0 Å². The normalized spacial score (nSPS) is 12.7. The zero-order valence-electron chi connectivity index (χ0n) is 11.7. The Labute approximate surface area is 113 Å². The van der Waals surface area contributed by atoms with Crippen molar-refractivity contribution in [2.75, 3.05) is 0 Å². The van der Waals surface area contributed by atoms with Gasteiger partial charge in [0.15, 0.2) is 0 Å². The van der Waals surface area contributed by atoms with Gasteiger partial charge in [0.05, 0.1) is 5.69 Å². The first kappa shape index (κ1) is 13.7. The van der Waals surface area contributed by atoms with E-state index in [9.17, 15) is 4.39 Å². The molecule has 0 saturated heterocycles. The lowest BCUT2D eigenvalue weighted by atomic mass is 10.0. The number of halogens is 1. The van der Waals surface area contributed by atoms with Gasteiger partial charge in [0.2, 0.25) is 0 Å². The van der Waals surface area contributed by atoms with E-state index in [1.165, 1.54) is 6.07 Å². The van der Waals surface area contributed by atoms with Crippen LogP contribution in [0, 0.1) is 12.7 Å². The van der Waals surface area contributed by atoms with Crippen molar-refractivity contribution >= 4 is 0 Å². The fraction of sp³-hybridized carbons (Fsp3) is 0.400. The summed E-state index contributed by atoms with van der Waals surface area (Å²) in [5.74, 6) is 0.767. The van der Waals surface area contributed by atoms with E-state index in [0.717, 1.165) is 29.9 Å². The summed E-state index contributed by atoms with van der Waals surface area (Å²) in [6.45, 7) is 5.74. The van der Waals surface area contributed by atoms with Crippen LogP contribution >= 0.6 is 0 Å². The molecule has 0 aliphatic carbocycles. The van der Waals surface area contributed by atoms with Gasteiger partial charge in [0, 0.05) is 24.9 Å². The first-order valence-corrected chi connectivity index (χ1v) is 6.62. The molecule has 19 heavy (non-hydrogen) atoms. The smallest absolute Gasteiger partial charge is 0.126 e. The number of imidazole rings is 1. The molecule has 0 radical (unpaired) electrons. The molecule has 0 saturated carbocycles. The molecule has 0 aliphatic heterocycles. The molecular formula is C15H20FN3. The maximum Gasteiger partial charge on any atom is 0.126 e. The number of aromatic nitrogens is 2. The van der Waals surface area contributed by atoms with Crippen LogP contribution in [0.5, 0.6) is 0 Å². The van der Waals surface area contributed by atoms with E-state index in [2.05, 4.69) is 11.9 Å². The molecule has 1 atom stereocenters. The molecule has 4 heteroatoms. The fourth-order valence-electron chi connectivity index (χ4n) is 2.22. The van der Waals surface area contributed by atoms with E-state index in [0.29, 0.717) is 5.56 Å². The SMILES string of the molecule is CCCc1nccn1-c1cc(C)c(F)cc1[C@H](C)N. The summed E-state index contributed by atoms with van der Waals surface area (Å²) in [7, 11) is 0. The van der Waals surface area contributed by atoms with Crippen LogP contribution in [0.15, 0.2) is 24.5 Å². The highest BCUT2D eigenvalue weighted by molar-refractivity contribution is 5.46. The highest BCUT2D eigenvalue weighted by Crippen LogP contribution is 2.25. The lowest BCUT2D eigenvalue weighted by molar-refractivity contribution is 0.611. The average molecular weight is 261 g/mol. The molecule has 0 fully saturated rings. The molecule has 1 aromatic carbocycles. The predicted molar refractivity (Wildman–Crippen MR) is 74.9 cm³/mol. The van der Waals surface area contributed by atoms with Crippen molar-refractivity contribution in [1.29, 1.82) is 0 Å². The lowest BCUT2D eigenvalue weighted by Crippen LogP contribution is -2.12. The molecule has 1 aromatic heterocycles. The molecule has 2 aromatic rings. The summed E-state index contributed by atoms with van der Waals surface area (Å²) in [4.78, 5) is 4.36. The Morgan fingerprint density at radius 1 is 1.42 bits per heavy atom. The van der Waals surface area contributed by atoms with Crippen LogP contribution in [0.25, 0.3) is 5.69 Å². The summed E-state index contributed by atoms with van der Waals surface area (Å²) >= 11 is 0. The summed E-state index contributed by atoms with van der Waals surface area (Å²) in [5, 5.41) is 0. The van der Waals surface area contributed by atoms with Crippen LogP contribution in [-0.4, -0.2) is 9.55 Å². The molecule has 0 spiro atoms. The minimum Gasteiger partial charge on any atom is -0.324 e. The van der Waals surface area contributed by atoms with Gasteiger partial charge in [-0.1, -0.05) is 6.92 Å². The second-order valence-electron chi connectivity index (χ2n) is 4.91. The summed E-state index contributed by atoms with van der Waals surface area (Å²) in [6.07, 6.45) is 5.59. The third-order valence-electron chi connectivity index (χ3n) is 3.25. The number of nitrogens with zero attached hydrogens (tertiary/aromatic N) is 2. The van der Waals surface area contributed by atoms with E-state index in [4.69, 9.17) is 5.73 Å². The zero-order chi connectivity index (χ0) is 14.0. The standard InChI is InChI=1S/C15H20FN3/c1-4-5-15-18-6-7-19(15)14-8-10(2)13(16)9-12(14)11(3)17/h6-9,11H,4-5,17H2,1-3H3/t11-/m0/s1. The first-order valence-electron chi connectivity index (χ1n) is 6.62. The predicted octanol–water partition coefficient (Wildman–Crippen LogP) is 3.29. The molecule has 2 rings (SSSR count). The van der Waals surface area contributed by atoms with Crippen molar-refractivity contribution < 1.29 is 4.39 Å². The Balaban J connectivity index is 2.60. The average Bonchev–Trinajstić information content (AvgIpc) is 2.80. The van der Waals surface area contributed by atoms with Gasteiger partial charge < -0.3 is 10.3 Å². The molecule has 0 unspecified atom stereocenters. The van der Waals surface area contributed by atoms with Gasteiger partial charge in [-0.3, -0.25) is 0 Å². The van der Waals surface area contributed by atoms with Crippen molar-refractivity contribution in [1.82, 2.24) is 9.55 Å². The molecule has 2 N–H and O–H groups in total. The van der Waals surface area contributed by atoms with Crippen LogP contribution in [0.1, 0.15) is 43.3 Å². The molecule has 102 valence electrons. The second-order valence-corrected chi connectivity index (χ2v) is 4.91. The van der Waals surface area contributed by atoms with Crippen LogP contribution < -0.4 is 5.73 Å². The second kappa shape index (κ2) is 5.53. The maximum absolute atomic E-state index is 13.7. The summed E-state index contributed by atoms with van der Waals surface area (Å²) in [5.41, 5.74) is 8.31. The highest BCUT2D eigenvalue weighted by atomic mass is 19.1. The number of nitrogens with two attached hydrogens (primary N) is 1. The van der Waals surface area contributed by atoms with Gasteiger partial charge in [-0.05, 0) is 43.5 Å². The summed E-state index contributed by atoms with van der Waals surface area (Å²) < 4.78 is 15.7. The lowest BCUT2D eigenvalue weighted by Gasteiger charge is -2.17. The molecule has 3 nitrogen and oxygen atoms in total. The van der Waals surface area contributed by atoms with Crippen LogP contribution in [-0.2, 0) is 6.42 Å². The van der Waals surface area contributed by atoms with Crippen molar-refractivity contribution in [3.8, 4) is 5.69 Å². The number of aryl methyl sites for hydroxylation is 2. The Morgan fingerprint density at radius 3 is 2.79 bits per heavy atom. The third-order valence-corrected chi connectivity index (χ3v) is 3.25. The van der Waals surface area contributed by atoms with Crippen molar-refractivity contribution in [2.45, 2.75) is 39.7 Å². The Hall–Kier alpha value is -1.68. The molecule has 1 heterocycles. The monoisotopic (exact) mass is 261 g/mol. The zero-order valence-corrected chi connectivity index (χ0v) is 11.7. The minimum atomic E-state index is -0.220. The Morgan fingerprint density at radius 2 is 2.16 bits per heavy atom. The van der Waals surface area contributed by atoms with Gasteiger partial charge in [-0.25, -0.2) is 9.37 Å². The van der Waals surface area contributed by atoms with Crippen LogP contribution in [0.2, 0.25) is 0 Å². The quantitative estimate of drug-likeness (QED) is 0.917. The van der Waals surface area contributed by atoms with Gasteiger partial charge >= 0.3 is 0 Å². The topological polar surface area (TPSA) is 43.8 Å². The number of rotatable bonds is 4. The van der Waals surface area contributed by atoms with E-state index in [1.54, 1.807) is 13.1 Å². The van der Waals surface area contributed by atoms with Crippen molar-refractivity contribution in [3.63, 3.8) is 0 Å². The Bertz CT molecular complexity index is 573. The van der Waals surface area contributed by atoms with Gasteiger partial charge in [0.25, 0.3) is 0 Å². The number of hydrogen-bond acceptors (Lipinski definition) is 2. The fourth-order valence-corrected chi connectivity index (χ4v) is 2.22.